The lowest BCUT2D eigenvalue weighted by Gasteiger charge is -2.10. The number of nitrogens with one attached hydrogen (secondary N) is 2. The van der Waals surface area contributed by atoms with Crippen LogP contribution in [-0.4, -0.2) is 18.4 Å². The second kappa shape index (κ2) is 7.10. The lowest BCUT2D eigenvalue weighted by Crippen LogP contribution is -2.36. The molecule has 0 heterocycles. The molecule has 0 radical (unpaired) electrons. The predicted molar refractivity (Wildman–Crippen MR) is 72.5 cm³/mol. The Labute approximate surface area is 120 Å². The van der Waals surface area contributed by atoms with Crippen molar-refractivity contribution in [3.8, 4) is 0 Å². The lowest BCUT2D eigenvalue weighted by molar-refractivity contribution is -0.137. The third kappa shape index (κ3) is 5.85. The van der Waals surface area contributed by atoms with Crippen molar-refractivity contribution < 1.29 is 22.8 Å². The highest BCUT2D eigenvalue weighted by molar-refractivity contribution is 6.39. The molecular formula is C14H17F3N2O2. The molecule has 0 atom stereocenters. The molecule has 21 heavy (non-hydrogen) atoms. The van der Waals surface area contributed by atoms with Gasteiger partial charge >= 0.3 is 18.0 Å². The van der Waals surface area contributed by atoms with E-state index in [-0.39, 0.29) is 5.69 Å². The van der Waals surface area contributed by atoms with E-state index in [0.717, 1.165) is 18.2 Å². The van der Waals surface area contributed by atoms with Gasteiger partial charge in [-0.25, -0.2) is 0 Å². The van der Waals surface area contributed by atoms with Crippen LogP contribution in [0.5, 0.6) is 0 Å². The summed E-state index contributed by atoms with van der Waals surface area (Å²) in [4.78, 5) is 23.0. The van der Waals surface area contributed by atoms with Crippen molar-refractivity contribution in [3.63, 3.8) is 0 Å². The predicted octanol–water partition coefficient (Wildman–Crippen LogP) is 2.81. The molecule has 116 valence electrons. The number of benzene rings is 1. The Balaban J connectivity index is 2.60. The molecule has 7 heteroatoms. The molecule has 1 aromatic rings. The first-order chi connectivity index (χ1) is 9.70. The second-order valence-electron chi connectivity index (χ2n) is 4.97. The fourth-order valence-electron chi connectivity index (χ4n) is 1.52. The van der Waals surface area contributed by atoms with Gasteiger partial charge in [0, 0.05) is 12.2 Å². The average molecular weight is 302 g/mol. The minimum Gasteiger partial charge on any atom is -0.348 e. The number of amides is 2. The summed E-state index contributed by atoms with van der Waals surface area (Å²) >= 11 is 0. The van der Waals surface area contributed by atoms with Crippen molar-refractivity contribution in [2.24, 2.45) is 5.92 Å². The molecular weight excluding hydrogens is 285 g/mol. The fourth-order valence-corrected chi connectivity index (χ4v) is 1.52. The highest BCUT2D eigenvalue weighted by Gasteiger charge is 2.30. The second-order valence-corrected chi connectivity index (χ2v) is 4.97. The molecule has 0 saturated carbocycles. The van der Waals surface area contributed by atoms with Gasteiger partial charge in [-0.2, -0.15) is 13.2 Å². The van der Waals surface area contributed by atoms with Crippen LogP contribution < -0.4 is 10.6 Å². The van der Waals surface area contributed by atoms with Gasteiger partial charge in [-0.1, -0.05) is 19.9 Å². The number of rotatable bonds is 4. The molecule has 0 saturated heterocycles. The zero-order valence-electron chi connectivity index (χ0n) is 11.8. The highest BCUT2D eigenvalue weighted by Crippen LogP contribution is 2.30. The first-order valence-corrected chi connectivity index (χ1v) is 6.46. The maximum atomic E-state index is 12.5. The van der Waals surface area contributed by atoms with E-state index < -0.39 is 23.6 Å². The number of carbonyl (C=O) groups excluding carboxylic acids is 2. The molecule has 1 aromatic carbocycles. The quantitative estimate of drug-likeness (QED) is 0.840. The fraction of sp³-hybridized carbons (Fsp3) is 0.429. The molecule has 0 fully saturated rings. The van der Waals surface area contributed by atoms with Crippen LogP contribution in [-0.2, 0) is 15.8 Å². The number of alkyl halides is 3. The number of hydrogen-bond donors (Lipinski definition) is 2. The van der Waals surface area contributed by atoms with Crippen LogP contribution in [0.3, 0.4) is 0 Å². The summed E-state index contributed by atoms with van der Waals surface area (Å²) in [5.74, 6) is -1.48. The van der Waals surface area contributed by atoms with Crippen molar-refractivity contribution in [2.75, 3.05) is 11.9 Å². The van der Waals surface area contributed by atoms with Crippen LogP contribution >= 0.6 is 0 Å². The molecule has 0 spiro atoms. The Morgan fingerprint density at radius 1 is 1.19 bits per heavy atom. The van der Waals surface area contributed by atoms with Crippen LogP contribution in [0, 0.1) is 5.92 Å². The summed E-state index contributed by atoms with van der Waals surface area (Å²) in [5, 5.41) is 4.55. The van der Waals surface area contributed by atoms with Gasteiger partial charge < -0.3 is 10.6 Å². The van der Waals surface area contributed by atoms with Crippen molar-refractivity contribution in [1.82, 2.24) is 5.32 Å². The molecule has 0 aromatic heterocycles. The first kappa shape index (κ1) is 17.0. The van der Waals surface area contributed by atoms with Crippen LogP contribution in [0.1, 0.15) is 25.8 Å². The summed E-state index contributed by atoms with van der Waals surface area (Å²) < 4.78 is 37.5. The van der Waals surface area contributed by atoms with Crippen molar-refractivity contribution in [3.05, 3.63) is 29.8 Å². The number of anilines is 1. The molecule has 0 aliphatic heterocycles. The third-order valence-corrected chi connectivity index (χ3v) is 2.66. The molecule has 0 aliphatic carbocycles. The normalized spacial score (nSPS) is 11.3. The molecule has 0 bridgehead atoms. The van der Waals surface area contributed by atoms with Gasteiger partial charge in [-0.3, -0.25) is 9.59 Å². The van der Waals surface area contributed by atoms with Crippen molar-refractivity contribution in [1.29, 1.82) is 0 Å². The first-order valence-electron chi connectivity index (χ1n) is 6.46. The SMILES string of the molecule is CC(C)CCNC(=O)C(=O)Nc1cccc(C(F)(F)F)c1. The standard InChI is InChI=1S/C14H17F3N2O2/c1-9(2)6-7-18-12(20)13(21)19-11-5-3-4-10(8-11)14(15,16)17/h3-5,8-9H,6-7H2,1-2H3,(H,18,20)(H,19,21). The van der Waals surface area contributed by atoms with Crippen LogP contribution in [0.15, 0.2) is 24.3 Å². The zero-order valence-corrected chi connectivity index (χ0v) is 11.8. The van der Waals surface area contributed by atoms with E-state index >= 15 is 0 Å². The van der Waals surface area contributed by atoms with Crippen LogP contribution in [0.2, 0.25) is 0 Å². The Bertz CT molecular complexity index is 513. The van der Waals surface area contributed by atoms with E-state index in [1.54, 1.807) is 0 Å². The highest BCUT2D eigenvalue weighted by atomic mass is 19.4. The molecule has 2 amide bonds. The molecule has 0 unspecified atom stereocenters. The summed E-state index contributed by atoms with van der Waals surface area (Å²) in [6.45, 7) is 4.27. The topological polar surface area (TPSA) is 58.2 Å². The van der Waals surface area contributed by atoms with Crippen molar-refractivity contribution >= 4 is 17.5 Å². The zero-order chi connectivity index (χ0) is 16.0. The molecule has 0 aliphatic rings. The molecule has 4 nitrogen and oxygen atoms in total. The van der Waals surface area contributed by atoms with Gasteiger partial charge in [0.05, 0.1) is 5.56 Å². The minimum absolute atomic E-state index is 0.0752. The number of carbonyl (C=O) groups is 2. The van der Waals surface area contributed by atoms with Gasteiger partial charge in [0.1, 0.15) is 0 Å². The van der Waals surface area contributed by atoms with Gasteiger partial charge in [-0.05, 0) is 30.5 Å². The van der Waals surface area contributed by atoms with Crippen molar-refractivity contribution in [2.45, 2.75) is 26.4 Å². The summed E-state index contributed by atoms with van der Waals surface area (Å²) in [6, 6.07) is 4.11. The van der Waals surface area contributed by atoms with E-state index in [9.17, 15) is 22.8 Å². The Hall–Kier alpha value is -2.05. The maximum Gasteiger partial charge on any atom is 0.416 e. The summed E-state index contributed by atoms with van der Waals surface area (Å²) in [6.07, 6.45) is -3.79. The Kier molecular flexibility index (Phi) is 5.75. The Morgan fingerprint density at radius 3 is 2.43 bits per heavy atom. The van der Waals surface area contributed by atoms with E-state index in [1.165, 1.54) is 6.07 Å². The van der Waals surface area contributed by atoms with Crippen LogP contribution in [0.4, 0.5) is 18.9 Å². The average Bonchev–Trinajstić information content (AvgIpc) is 2.37. The van der Waals surface area contributed by atoms with E-state index in [4.69, 9.17) is 0 Å². The van der Waals surface area contributed by atoms with E-state index in [1.807, 2.05) is 13.8 Å². The summed E-state index contributed by atoms with van der Waals surface area (Å²) in [5.41, 5.74) is -0.964. The minimum atomic E-state index is -4.50. The largest absolute Gasteiger partial charge is 0.416 e. The van der Waals surface area contributed by atoms with Gasteiger partial charge in [-0.15, -0.1) is 0 Å². The van der Waals surface area contributed by atoms with E-state index in [2.05, 4.69) is 10.6 Å². The van der Waals surface area contributed by atoms with E-state index in [0.29, 0.717) is 18.9 Å². The number of halogens is 3. The molecule has 1 rings (SSSR count). The third-order valence-electron chi connectivity index (χ3n) is 2.66. The molecule has 2 N–H and O–H groups in total. The smallest absolute Gasteiger partial charge is 0.348 e. The maximum absolute atomic E-state index is 12.5. The number of hydrogen-bond acceptors (Lipinski definition) is 2. The Morgan fingerprint density at radius 2 is 1.86 bits per heavy atom. The van der Waals surface area contributed by atoms with Gasteiger partial charge in [0.15, 0.2) is 0 Å². The van der Waals surface area contributed by atoms with Gasteiger partial charge in [0.25, 0.3) is 0 Å². The van der Waals surface area contributed by atoms with Crippen LogP contribution in [0.25, 0.3) is 0 Å². The van der Waals surface area contributed by atoms with Gasteiger partial charge in [0.2, 0.25) is 0 Å². The monoisotopic (exact) mass is 302 g/mol. The lowest BCUT2D eigenvalue weighted by atomic mass is 10.1. The summed E-state index contributed by atoms with van der Waals surface area (Å²) in [7, 11) is 0.